The highest BCUT2D eigenvalue weighted by Gasteiger charge is 2.34. The first-order valence-electron chi connectivity index (χ1n) is 6.68. The minimum atomic E-state index is -3.49. The second-order valence-corrected chi connectivity index (χ2v) is 6.92. The molecule has 2 rings (SSSR count). The SMILES string of the molecule is Cc1nc(S(=O)(=O)N2CCCCC2CCN)cn1C.Cl. The van der Waals surface area contributed by atoms with Crippen LogP contribution in [0.4, 0.5) is 0 Å². The lowest BCUT2D eigenvalue weighted by atomic mass is 10.0. The lowest BCUT2D eigenvalue weighted by molar-refractivity contribution is 0.242. The minimum Gasteiger partial charge on any atom is -0.337 e. The van der Waals surface area contributed by atoms with Crippen LogP contribution in [0, 0.1) is 6.92 Å². The van der Waals surface area contributed by atoms with Crippen LogP contribution < -0.4 is 5.73 Å². The van der Waals surface area contributed by atoms with Crippen molar-refractivity contribution < 1.29 is 8.42 Å². The molecule has 2 N–H and O–H groups in total. The van der Waals surface area contributed by atoms with Gasteiger partial charge in [0.2, 0.25) is 0 Å². The fraction of sp³-hybridized carbons (Fsp3) is 0.750. The Morgan fingerprint density at radius 1 is 1.45 bits per heavy atom. The van der Waals surface area contributed by atoms with Gasteiger partial charge in [-0.3, -0.25) is 0 Å². The van der Waals surface area contributed by atoms with Crippen LogP contribution in [-0.2, 0) is 17.1 Å². The number of piperidine rings is 1. The van der Waals surface area contributed by atoms with Gasteiger partial charge >= 0.3 is 0 Å². The van der Waals surface area contributed by atoms with Gasteiger partial charge in [-0.1, -0.05) is 6.42 Å². The van der Waals surface area contributed by atoms with Gasteiger partial charge in [0.15, 0.2) is 5.03 Å². The molecule has 0 radical (unpaired) electrons. The molecule has 1 aromatic rings. The average Bonchev–Trinajstić information content (AvgIpc) is 2.71. The average molecular weight is 323 g/mol. The fourth-order valence-corrected chi connectivity index (χ4v) is 4.29. The summed E-state index contributed by atoms with van der Waals surface area (Å²) in [4.78, 5) is 4.15. The predicted molar refractivity (Wildman–Crippen MR) is 80.4 cm³/mol. The molecule has 1 unspecified atom stereocenters. The van der Waals surface area contributed by atoms with Crippen molar-refractivity contribution in [1.29, 1.82) is 0 Å². The van der Waals surface area contributed by atoms with Crippen LogP contribution in [0.1, 0.15) is 31.5 Å². The minimum absolute atomic E-state index is 0. The number of sulfonamides is 1. The molecule has 0 spiro atoms. The lowest BCUT2D eigenvalue weighted by Gasteiger charge is -2.33. The largest absolute Gasteiger partial charge is 0.337 e. The standard InChI is InChI=1S/C12H22N4O2S.ClH/c1-10-14-12(9-15(10)2)19(17,18)16-8-4-3-5-11(16)6-7-13;/h9,11H,3-8,13H2,1-2H3;1H. The molecule has 20 heavy (non-hydrogen) atoms. The van der Waals surface area contributed by atoms with E-state index in [-0.39, 0.29) is 23.5 Å². The van der Waals surface area contributed by atoms with Crippen LogP contribution in [0.2, 0.25) is 0 Å². The summed E-state index contributed by atoms with van der Waals surface area (Å²) >= 11 is 0. The van der Waals surface area contributed by atoms with E-state index in [0.717, 1.165) is 19.3 Å². The van der Waals surface area contributed by atoms with Crippen LogP contribution in [0.15, 0.2) is 11.2 Å². The second-order valence-electron chi connectivity index (χ2n) is 5.08. The highest BCUT2D eigenvalue weighted by Crippen LogP contribution is 2.26. The highest BCUT2D eigenvalue weighted by atomic mass is 35.5. The third kappa shape index (κ3) is 3.33. The summed E-state index contributed by atoms with van der Waals surface area (Å²) < 4.78 is 28.6. The van der Waals surface area contributed by atoms with Gasteiger partial charge in [0.05, 0.1) is 0 Å². The van der Waals surface area contributed by atoms with Crippen LogP contribution in [0.3, 0.4) is 0 Å². The molecule has 1 saturated heterocycles. The van der Waals surface area contributed by atoms with E-state index in [0.29, 0.717) is 25.3 Å². The Morgan fingerprint density at radius 2 is 2.15 bits per heavy atom. The van der Waals surface area contributed by atoms with E-state index >= 15 is 0 Å². The molecular formula is C12H23ClN4O2S. The molecule has 116 valence electrons. The summed E-state index contributed by atoms with van der Waals surface area (Å²) in [6.07, 6.45) is 5.16. The molecule has 2 heterocycles. The molecule has 0 bridgehead atoms. The number of nitrogens with zero attached hydrogens (tertiary/aromatic N) is 3. The smallest absolute Gasteiger partial charge is 0.262 e. The number of imidazole rings is 1. The summed E-state index contributed by atoms with van der Waals surface area (Å²) in [6, 6.07) is 0.0195. The van der Waals surface area contributed by atoms with E-state index in [9.17, 15) is 8.42 Å². The summed E-state index contributed by atoms with van der Waals surface area (Å²) in [5, 5.41) is 0.149. The number of halogens is 1. The van der Waals surface area contributed by atoms with Gasteiger partial charge in [0.25, 0.3) is 10.0 Å². The van der Waals surface area contributed by atoms with Crippen molar-refractivity contribution in [2.75, 3.05) is 13.1 Å². The zero-order valence-corrected chi connectivity index (χ0v) is 13.6. The monoisotopic (exact) mass is 322 g/mol. The van der Waals surface area contributed by atoms with Gasteiger partial charge in [-0.2, -0.15) is 4.31 Å². The summed E-state index contributed by atoms with van der Waals surface area (Å²) in [5.74, 6) is 0.700. The Morgan fingerprint density at radius 3 is 2.70 bits per heavy atom. The predicted octanol–water partition coefficient (Wildman–Crippen LogP) is 1.04. The maximum atomic E-state index is 12.6. The van der Waals surface area contributed by atoms with Gasteiger partial charge in [-0.25, -0.2) is 13.4 Å². The van der Waals surface area contributed by atoms with E-state index in [4.69, 9.17) is 5.73 Å². The maximum Gasteiger partial charge on any atom is 0.262 e. The van der Waals surface area contributed by atoms with Crippen molar-refractivity contribution in [1.82, 2.24) is 13.9 Å². The van der Waals surface area contributed by atoms with Crippen LogP contribution >= 0.6 is 12.4 Å². The first-order chi connectivity index (χ1) is 8.96. The number of rotatable bonds is 4. The topological polar surface area (TPSA) is 81.2 Å². The van der Waals surface area contributed by atoms with Crippen molar-refractivity contribution in [3.63, 3.8) is 0 Å². The Balaban J connectivity index is 0.00000200. The first kappa shape index (κ1) is 17.4. The van der Waals surface area contributed by atoms with E-state index < -0.39 is 10.0 Å². The zero-order valence-electron chi connectivity index (χ0n) is 11.9. The number of hydrogen-bond acceptors (Lipinski definition) is 4. The normalized spacial score (nSPS) is 20.6. The quantitative estimate of drug-likeness (QED) is 0.898. The van der Waals surface area contributed by atoms with Crippen molar-refractivity contribution in [3.8, 4) is 0 Å². The Kier molecular flexibility index (Phi) is 6.00. The summed E-state index contributed by atoms with van der Waals surface area (Å²) in [6.45, 7) is 2.88. The molecule has 0 amide bonds. The van der Waals surface area contributed by atoms with E-state index in [1.54, 1.807) is 29.0 Å². The molecule has 1 atom stereocenters. The van der Waals surface area contributed by atoms with Gasteiger partial charge in [0, 0.05) is 25.8 Å². The Labute approximate surface area is 126 Å². The Bertz CT molecular complexity index is 522. The Hall–Kier alpha value is -0.630. The third-order valence-electron chi connectivity index (χ3n) is 3.73. The van der Waals surface area contributed by atoms with Crippen molar-refractivity contribution in [2.45, 2.75) is 43.7 Å². The summed E-state index contributed by atoms with van der Waals surface area (Å²) in [5.41, 5.74) is 5.59. The van der Waals surface area contributed by atoms with Crippen molar-refractivity contribution >= 4 is 22.4 Å². The summed E-state index contributed by atoms with van der Waals surface area (Å²) in [7, 11) is -1.69. The molecule has 1 fully saturated rings. The molecule has 1 aromatic heterocycles. The van der Waals surface area contributed by atoms with Crippen molar-refractivity contribution in [3.05, 3.63) is 12.0 Å². The molecule has 8 heteroatoms. The van der Waals surface area contributed by atoms with Gasteiger partial charge in [0.1, 0.15) is 5.82 Å². The van der Waals surface area contributed by atoms with Crippen LogP contribution in [-0.4, -0.2) is 41.4 Å². The van der Waals surface area contributed by atoms with E-state index in [1.165, 1.54) is 0 Å². The van der Waals surface area contributed by atoms with E-state index in [2.05, 4.69) is 4.98 Å². The molecular weight excluding hydrogens is 300 g/mol. The second kappa shape index (κ2) is 6.89. The van der Waals surface area contributed by atoms with Gasteiger partial charge in [-0.15, -0.1) is 12.4 Å². The highest BCUT2D eigenvalue weighted by molar-refractivity contribution is 7.89. The number of hydrogen-bond donors (Lipinski definition) is 1. The molecule has 0 aromatic carbocycles. The van der Waals surface area contributed by atoms with Crippen LogP contribution in [0.5, 0.6) is 0 Å². The van der Waals surface area contributed by atoms with E-state index in [1.807, 2.05) is 0 Å². The fourth-order valence-electron chi connectivity index (χ4n) is 2.54. The molecule has 1 aliphatic rings. The maximum absolute atomic E-state index is 12.6. The first-order valence-corrected chi connectivity index (χ1v) is 8.12. The molecule has 6 nitrogen and oxygen atoms in total. The molecule has 1 aliphatic heterocycles. The number of aryl methyl sites for hydroxylation is 2. The number of nitrogens with two attached hydrogens (primary N) is 1. The van der Waals surface area contributed by atoms with Gasteiger partial charge in [-0.05, 0) is 32.7 Å². The number of aromatic nitrogens is 2. The van der Waals surface area contributed by atoms with Gasteiger partial charge < -0.3 is 10.3 Å². The zero-order chi connectivity index (χ0) is 14.0. The lowest BCUT2D eigenvalue weighted by Crippen LogP contribution is -2.44. The van der Waals surface area contributed by atoms with Crippen LogP contribution in [0.25, 0.3) is 0 Å². The third-order valence-corrected chi connectivity index (χ3v) is 5.56. The molecule has 0 saturated carbocycles. The molecule has 0 aliphatic carbocycles. The van der Waals surface area contributed by atoms with Crippen molar-refractivity contribution in [2.24, 2.45) is 12.8 Å².